The van der Waals surface area contributed by atoms with E-state index in [4.69, 9.17) is 11.6 Å². The van der Waals surface area contributed by atoms with E-state index in [2.05, 4.69) is 9.97 Å². The van der Waals surface area contributed by atoms with E-state index in [1.54, 1.807) is 23.1 Å². The third-order valence-corrected chi connectivity index (χ3v) is 1.57. The predicted octanol–water partition coefficient (Wildman–Crippen LogP) is 1.38. The summed E-state index contributed by atoms with van der Waals surface area (Å²) in [7, 11) is 0. The molecule has 0 N–H and O–H groups in total. The van der Waals surface area contributed by atoms with Crippen LogP contribution in [-0.2, 0) is 0 Å². The van der Waals surface area contributed by atoms with Crippen LogP contribution < -0.4 is 0 Å². The molecule has 0 aliphatic carbocycles. The Morgan fingerprint density at radius 2 is 2.40 bits per heavy atom. The summed E-state index contributed by atoms with van der Waals surface area (Å²) >= 11 is 5.68. The van der Waals surface area contributed by atoms with Crippen molar-refractivity contribution in [1.29, 1.82) is 0 Å². The largest absolute Gasteiger partial charge is 0.274 e. The van der Waals surface area contributed by atoms with Crippen LogP contribution in [0.3, 0.4) is 0 Å². The molecule has 0 spiro atoms. The standard InChI is InChI=1S/C6H4ClN3/c7-6-9-3-5-1-2-8-4-10(5)6/h1-4H. The zero-order valence-corrected chi connectivity index (χ0v) is 5.78. The minimum Gasteiger partial charge on any atom is -0.274 e. The molecule has 4 heteroatoms. The lowest BCUT2D eigenvalue weighted by atomic mass is 10.5. The molecule has 2 aromatic rings. The van der Waals surface area contributed by atoms with Crippen LogP contribution in [0, 0.1) is 0 Å². The Labute approximate surface area is 62.3 Å². The number of fused-ring (bicyclic) bond motifs is 1. The van der Waals surface area contributed by atoms with E-state index in [9.17, 15) is 0 Å². The highest BCUT2D eigenvalue weighted by Crippen LogP contribution is 2.08. The van der Waals surface area contributed by atoms with Gasteiger partial charge in [0.05, 0.1) is 11.7 Å². The SMILES string of the molecule is Clc1ncc2ccncn12. The first kappa shape index (κ1) is 5.68. The topological polar surface area (TPSA) is 30.2 Å². The fourth-order valence-electron chi connectivity index (χ4n) is 0.813. The first-order chi connectivity index (χ1) is 4.88. The highest BCUT2D eigenvalue weighted by atomic mass is 35.5. The first-order valence-electron chi connectivity index (χ1n) is 2.80. The molecule has 0 atom stereocenters. The lowest BCUT2D eigenvalue weighted by Crippen LogP contribution is -1.83. The molecule has 0 radical (unpaired) electrons. The van der Waals surface area contributed by atoms with Gasteiger partial charge < -0.3 is 0 Å². The maximum absolute atomic E-state index is 5.68. The molecule has 0 fully saturated rings. The van der Waals surface area contributed by atoms with E-state index in [0.717, 1.165) is 5.52 Å². The normalized spacial score (nSPS) is 10.5. The van der Waals surface area contributed by atoms with E-state index < -0.39 is 0 Å². The smallest absolute Gasteiger partial charge is 0.208 e. The third-order valence-electron chi connectivity index (χ3n) is 1.29. The number of nitrogens with zero attached hydrogens (tertiary/aromatic N) is 3. The molecule has 3 nitrogen and oxygen atoms in total. The lowest BCUT2D eigenvalue weighted by molar-refractivity contribution is 1.07. The summed E-state index contributed by atoms with van der Waals surface area (Å²) in [5.74, 6) is 0. The molecule has 2 heterocycles. The zero-order chi connectivity index (χ0) is 6.97. The van der Waals surface area contributed by atoms with Gasteiger partial charge in [0.15, 0.2) is 0 Å². The Bertz CT molecular complexity index is 355. The molecular weight excluding hydrogens is 150 g/mol. The van der Waals surface area contributed by atoms with Crippen molar-refractivity contribution in [2.45, 2.75) is 0 Å². The summed E-state index contributed by atoms with van der Waals surface area (Å²) in [6.07, 6.45) is 5.03. The lowest BCUT2D eigenvalue weighted by Gasteiger charge is -1.89. The minimum absolute atomic E-state index is 0.447. The Morgan fingerprint density at radius 3 is 3.20 bits per heavy atom. The summed E-state index contributed by atoms with van der Waals surface area (Å²) in [6, 6.07) is 1.85. The second kappa shape index (κ2) is 1.95. The van der Waals surface area contributed by atoms with Crippen LogP contribution in [0.4, 0.5) is 0 Å². The molecule has 0 unspecified atom stereocenters. The molecule has 50 valence electrons. The van der Waals surface area contributed by atoms with Crippen LogP contribution in [0.5, 0.6) is 0 Å². The van der Waals surface area contributed by atoms with E-state index in [-0.39, 0.29) is 0 Å². The van der Waals surface area contributed by atoms with Gasteiger partial charge in [-0.15, -0.1) is 0 Å². The van der Waals surface area contributed by atoms with Crippen LogP contribution in [0.2, 0.25) is 5.28 Å². The van der Waals surface area contributed by atoms with E-state index in [1.165, 1.54) is 0 Å². The molecule has 0 aliphatic rings. The predicted molar refractivity (Wildman–Crippen MR) is 38.0 cm³/mol. The van der Waals surface area contributed by atoms with Crippen molar-refractivity contribution in [2.75, 3.05) is 0 Å². The highest BCUT2D eigenvalue weighted by molar-refractivity contribution is 6.28. The second-order valence-electron chi connectivity index (χ2n) is 1.90. The van der Waals surface area contributed by atoms with Gasteiger partial charge in [-0.1, -0.05) is 0 Å². The number of hydrogen-bond acceptors (Lipinski definition) is 2. The maximum Gasteiger partial charge on any atom is 0.208 e. The molecule has 2 aromatic heterocycles. The quantitative estimate of drug-likeness (QED) is 0.573. The van der Waals surface area contributed by atoms with Crippen LogP contribution in [0.15, 0.2) is 24.8 Å². The molecule has 0 amide bonds. The second-order valence-corrected chi connectivity index (χ2v) is 2.24. The summed E-state index contributed by atoms with van der Waals surface area (Å²) in [5, 5.41) is 0.447. The maximum atomic E-state index is 5.68. The Hall–Kier alpha value is -1.09. The molecule has 0 aromatic carbocycles. The van der Waals surface area contributed by atoms with Crippen LogP contribution in [0.1, 0.15) is 0 Å². The summed E-state index contributed by atoms with van der Waals surface area (Å²) in [6.45, 7) is 0. The summed E-state index contributed by atoms with van der Waals surface area (Å²) in [5.41, 5.74) is 0.958. The average molecular weight is 154 g/mol. The van der Waals surface area contributed by atoms with Crippen molar-refractivity contribution in [3.8, 4) is 0 Å². The summed E-state index contributed by atoms with van der Waals surface area (Å²) < 4.78 is 1.71. The molecule has 0 saturated carbocycles. The van der Waals surface area contributed by atoms with Crippen LogP contribution in [-0.4, -0.2) is 14.4 Å². The van der Waals surface area contributed by atoms with E-state index in [1.807, 2.05) is 6.07 Å². The van der Waals surface area contributed by atoms with Gasteiger partial charge in [-0.3, -0.25) is 4.40 Å². The van der Waals surface area contributed by atoms with Crippen molar-refractivity contribution in [2.24, 2.45) is 0 Å². The monoisotopic (exact) mass is 153 g/mol. The van der Waals surface area contributed by atoms with Gasteiger partial charge >= 0.3 is 0 Å². The van der Waals surface area contributed by atoms with Crippen molar-refractivity contribution in [1.82, 2.24) is 14.4 Å². The number of rotatable bonds is 0. The molecule has 0 saturated heterocycles. The summed E-state index contributed by atoms with van der Waals surface area (Å²) in [4.78, 5) is 7.77. The van der Waals surface area contributed by atoms with Gasteiger partial charge in [-0.25, -0.2) is 9.97 Å². The highest BCUT2D eigenvalue weighted by Gasteiger charge is 1.96. The van der Waals surface area contributed by atoms with Crippen LogP contribution in [0.25, 0.3) is 5.52 Å². The van der Waals surface area contributed by atoms with Gasteiger partial charge in [-0.05, 0) is 17.7 Å². The van der Waals surface area contributed by atoms with Gasteiger partial charge in [0.1, 0.15) is 6.33 Å². The number of halogens is 1. The Morgan fingerprint density at radius 1 is 1.50 bits per heavy atom. The number of hydrogen-bond donors (Lipinski definition) is 0. The fourth-order valence-corrected chi connectivity index (χ4v) is 1.00. The average Bonchev–Trinajstić information content (AvgIpc) is 2.34. The van der Waals surface area contributed by atoms with Gasteiger partial charge in [0.2, 0.25) is 5.28 Å². The molecule has 0 aliphatic heterocycles. The van der Waals surface area contributed by atoms with Crippen molar-refractivity contribution in [3.05, 3.63) is 30.1 Å². The molecular formula is C6H4ClN3. The first-order valence-corrected chi connectivity index (χ1v) is 3.18. The van der Waals surface area contributed by atoms with Gasteiger partial charge in [0, 0.05) is 6.20 Å². The van der Waals surface area contributed by atoms with Gasteiger partial charge in [-0.2, -0.15) is 0 Å². The van der Waals surface area contributed by atoms with E-state index in [0.29, 0.717) is 5.28 Å². The van der Waals surface area contributed by atoms with Crippen molar-refractivity contribution < 1.29 is 0 Å². The zero-order valence-electron chi connectivity index (χ0n) is 5.03. The Kier molecular flexibility index (Phi) is 1.11. The Balaban J connectivity index is 2.93. The van der Waals surface area contributed by atoms with Crippen LogP contribution >= 0.6 is 11.6 Å². The van der Waals surface area contributed by atoms with Crippen molar-refractivity contribution >= 4 is 17.1 Å². The van der Waals surface area contributed by atoms with Crippen molar-refractivity contribution in [3.63, 3.8) is 0 Å². The minimum atomic E-state index is 0.447. The molecule has 0 bridgehead atoms. The number of imidazole rings is 1. The van der Waals surface area contributed by atoms with Gasteiger partial charge in [0.25, 0.3) is 0 Å². The van der Waals surface area contributed by atoms with E-state index >= 15 is 0 Å². The fraction of sp³-hybridized carbons (Fsp3) is 0. The third kappa shape index (κ3) is 0.675. The molecule has 10 heavy (non-hydrogen) atoms. The number of aromatic nitrogens is 3. The molecule has 2 rings (SSSR count).